The Morgan fingerprint density at radius 3 is 1.81 bits per heavy atom. The van der Waals surface area contributed by atoms with Crippen molar-refractivity contribution in [3.63, 3.8) is 0 Å². The molecule has 0 amide bonds. The minimum atomic E-state index is -3.66. The van der Waals surface area contributed by atoms with Crippen LogP contribution in [0.5, 0.6) is 11.5 Å². The Labute approximate surface area is 157 Å². The summed E-state index contributed by atoms with van der Waals surface area (Å²) in [7, 11) is -2.11. The van der Waals surface area contributed by atoms with Crippen LogP contribution in [0.15, 0.2) is 52.3 Å². The number of hydrogen-bond acceptors (Lipinski definition) is 4. The van der Waals surface area contributed by atoms with Crippen molar-refractivity contribution < 1.29 is 17.9 Å². The summed E-state index contributed by atoms with van der Waals surface area (Å²) >= 11 is 0. The summed E-state index contributed by atoms with van der Waals surface area (Å²) in [5.74, 6) is 1.17. The van der Waals surface area contributed by atoms with Crippen LogP contribution < -0.4 is 9.47 Å². The van der Waals surface area contributed by atoms with Crippen molar-refractivity contribution in [1.29, 1.82) is 0 Å². The summed E-state index contributed by atoms with van der Waals surface area (Å²) in [5.41, 5.74) is 0.283. The SMILES string of the molecule is COc1ccc(S(=O)(=O)c2cc(OC(C)(C)C)cc(C(C)(C)C)c2)cc1. The Kier molecular flexibility index (Phi) is 5.43. The second kappa shape index (κ2) is 6.95. The zero-order chi connectivity index (χ0) is 19.8. The van der Waals surface area contributed by atoms with Gasteiger partial charge in [-0.05, 0) is 74.2 Å². The topological polar surface area (TPSA) is 52.6 Å². The van der Waals surface area contributed by atoms with Gasteiger partial charge in [-0.15, -0.1) is 0 Å². The molecule has 0 radical (unpaired) electrons. The molecule has 4 nitrogen and oxygen atoms in total. The first-order valence-corrected chi connectivity index (χ1v) is 10.0. The van der Waals surface area contributed by atoms with Gasteiger partial charge in [-0.25, -0.2) is 8.42 Å². The molecule has 5 heteroatoms. The standard InChI is InChI=1S/C21H28O4S/c1-20(2,3)15-12-17(25-21(4,5)6)14-19(13-15)26(22,23)18-10-8-16(24-7)9-11-18/h8-14H,1-7H3. The molecule has 0 saturated heterocycles. The molecule has 0 bridgehead atoms. The number of benzene rings is 2. The van der Waals surface area contributed by atoms with Gasteiger partial charge in [-0.2, -0.15) is 0 Å². The van der Waals surface area contributed by atoms with Gasteiger partial charge < -0.3 is 9.47 Å². The molecule has 0 aliphatic heterocycles. The second-order valence-electron chi connectivity index (χ2n) is 8.34. The summed E-state index contributed by atoms with van der Waals surface area (Å²) in [6.07, 6.45) is 0. The van der Waals surface area contributed by atoms with Gasteiger partial charge in [0.1, 0.15) is 17.1 Å². The van der Waals surface area contributed by atoms with E-state index in [0.29, 0.717) is 11.5 Å². The molecule has 0 N–H and O–H groups in total. The van der Waals surface area contributed by atoms with Crippen LogP contribution in [-0.4, -0.2) is 21.1 Å². The van der Waals surface area contributed by atoms with Crippen molar-refractivity contribution in [1.82, 2.24) is 0 Å². The summed E-state index contributed by atoms with van der Waals surface area (Å²) in [6.45, 7) is 12.0. The maximum atomic E-state index is 13.1. The highest BCUT2D eigenvalue weighted by atomic mass is 32.2. The van der Waals surface area contributed by atoms with Crippen LogP contribution >= 0.6 is 0 Å². The lowest BCUT2D eigenvalue weighted by molar-refractivity contribution is 0.130. The quantitative estimate of drug-likeness (QED) is 0.753. The third kappa shape index (κ3) is 4.79. The summed E-state index contributed by atoms with van der Waals surface area (Å²) in [5, 5.41) is 0. The van der Waals surface area contributed by atoms with E-state index >= 15 is 0 Å². The van der Waals surface area contributed by atoms with E-state index < -0.39 is 15.4 Å². The van der Waals surface area contributed by atoms with Gasteiger partial charge in [0.25, 0.3) is 0 Å². The summed E-state index contributed by atoms with van der Waals surface area (Å²) < 4.78 is 37.3. The van der Waals surface area contributed by atoms with Crippen molar-refractivity contribution in [2.45, 2.75) is 62.3 Å². The zero-order valence-corrected chi connectivity index (χ0v) is 17.4. The number of rotatable bonds is 4. The highest BCUT2D eigenvalue weighted by molar-refractivity contribution is 7.91. The molecule has 0 heterocycles. The van der Waals surface area contributed by atoms with Gasteiger partial charge in [0.2, 0.25) is 9.84 Å². The van der Waals surface area contributed by atoms with Crippen LogP contribution in [0.3, 0.4) is 0 Å². The number of hydrogen-bond donors (Lipinski definition) is 0. The number of ether oxygens (including phenoxy) is 2. The average molecular weight is 377 g/mol. The van der Waals surface area contributed by atoms with Crippen molar-refractivity contribution in [3.8, 4) is 11.5 Å². The first-order valence-electron chi connectivity index (χ1n) is 8.57. The zero-order valence-electron chi connectivity index (χ0n) is 16.6. The van der Waals surface area contributed by atoms with Crippen molar-refractivity contribution in [2.24, 2.45) is 0 Å². The van der Waals surface area contributed by atoms with Crippen LogP contribution in [0.25, 0.3) is 0 Å². The fraction of sp³-hybridized carbons (Fsp3) is 0.429. The predicted octanol–water partition coefficient (Wildman–Crippen LogP) is 5.00. The van der Waals surface area contributed by atoms with E-state index in [1.54, 1.807) is 43.5 Å². The smallest absolute Gasteiger partial charge is 0.206 e. The molecule has 0 aliphatic carbocycles. The lowest BCUT2D eigenvalue weighted by Gasteiger charge is -2.25. The maximum absolute atomic E-state index is 13.1. The van der Waals surface area contributed by atoms with Gasteiger partial charge in [0.15, 0.2) is 0 Å². The molecule has 26 heavy (non-hydrogen) atoms. The van der Waals surface area contributed by atoms with E-state index in [2.05, 4.69) is 0 Å². The highest BCUT2D eigenvalue weighted by Crippen LogP contribution is 2.33. The third-order valence-corrected chi connectivity index (χ3v) is 5.60. The van der Waals surface area contributed by atoms with E-state index in [4.69, 9.17) is 9.47 Å². The lowest BCUT2D eigenvalue weighted by atomic mass is 9.87. The molecule has 0 aromatic heterocycles. The second-order valence-corrected chi connectivity index (χ2v) is 10.3. The Bertz CT molecular complexity index is 868. The van der Waals surface area contributed by atoms with Gasteiger partial charge in [0, 0.05) is 0 Å². The van der Waals surface area contributed by atoms with E-state index in [1.165, 1.54) is 0 Å². The predicted molar refractivity (Wildman–Crippen MR) is 104 cm³/mol. The Morgan fingerprint density at radius 2 is 1.35 bits per heavy atom. The van der Waals surface area contributed by atoms with Crippen LogP contribution in [0, 0.1) is 0 Å². The van der Waals surface area contributed by atoms with Gasteiger partial charge in [-0.3, -0.25) is 0 Å². The van der Waals surface area contributed by atoms with Gasteiger partial charge >= 0.3 is 0 Å². The molecule has 0 saturated carbocycles. The van der Waals surface area contributed by atoms with Gasteiger partial charge in [-0.1, -0.05) is 20.8 Å². The summed E-state index contributed by atoms with van der Waals surface area (Å²) in [4.78, 5) is 0.459. The normalized spacial score (nSPS) is 12.7. The molecule has 2 aromatic rings. The monoisotopic (exact) mass is 376 g/mol. The minimum absolute atomic E-state index is 0.207. The number of sulfone groups is 1. The molecular formula is C21H28O4S. The average Bonchev–Trinajstić information content (AvgIpc) is 2.52. The molecular weight excluding hydrogens is 348 g/mol. The van der Waals surface area contributed by atoms with Crippen molar-refractivity contribution in [3.05, 3.63) is 48.0 Å². The molecule has 2 aromatic carbocycles. The fourth-order valence-corrected chi connectivity index (χ4v) is 3.78. The fourth-order valence-electron chi connectivity index (χ4n) is 2.46. The van der Waals surface area contributed by atoms with E-state index in [9.17, 15) is 8.42 Å². The van der Waals surface area contributed by atoms with Gasteiger partial charge in [0.05, 0.1) is 16.9 Å². The minimum Gasteiger partial charge on any atom is -0.497 e. The highest BCUT2D eigenvalue weighted by Gasteiger charge is 2.24. The number of methoxy groups -OCH3 is 1. The van der Waals surface area contributed by atoms with Crippen LogP contribution in [0.1, 0.15) is 47.1 Å². The van der Waals surface area contributed by atoms with E-state index in [1.807, 2.05) is 47.6 Å². The first kappa shape index (κ1) is 20.3. The molecule has 2 rings (SSSR count). The molecule has 0 aliphatic rings. The van der Waals surface area contributed by atoms with Crippen LogP contribution in [-0.2, 0) is 15.3 Å². The maximum Gasteiger partial charge on any atom is 0.206 e. The van der Waals surface area contributed by atoms with E-state index in [0.717, 1.165) is 5.56 Å². The first-order chi connectivity index (χ1) is 11.8. The van der Waals surface area contributed by atoms with Crippen molar-refractivity contribution in [2.75, 3.05) is 7.11 Å². The third-order valence-electron chi connectivity index (χ3n) is 3.85. The molecule has 0 unspecified atom stereocenters. The Hall–Kier alpha value is -2.01. The molecule has 0 spiro atoms. The molecule has 0 fully saturated rings. The van der Waals surface area contributed by atoms with Crippen LogP contribution in [0.4, 0.5) is 0 Å². The lowest BCUT2D eigenvalue weighted by Crippen LogP contribution is -2.23. The largest absolute Gasteiger partial charge is 0.497 e. The summed E-state index contributed by atoms with van der Waals surface area (Å²) in [6, 6.07) is 11.7. The molecule has 0 atom stereocenters. The molecule has 142 valence electrons. The Balaban J connectivity index is 2.60. The van der Waals surface area contributed by atoms with Crippen LogP contribution in [0.2, 0.25) is 0 Å². The Morgan fingerprint density at radius 1 is 0.769 bits per heavy atom. The van der Waals surface area contributed by atoms with E-state index in [-0.39, 0.29) is 15.2 Å². The van der Waals surface area contributed by atoms with Crippen molar-refractivity contribution >= 4 is 9.84 Å².